The molecule has 1 saturated heterocycles. The maximum atomic E-state index is 12.3. The first-order valence-corrected chi connectivity index (χ1v) is 10.3. The Morgan fingerprint density at radius 3 is 2.50 bits per heavy atom. The molecular formula is C23H28N4O. The fourth-order valence-corrected chi connectivity index (χ4v) is 4.03. The molecule has 146 valence electrons. The molecule has 2 aromatic rings. The maximum Gasteiger partial charge on any atom is 0.241 e. The van der Waals surface area contributed by atoms with E-state index in [0.717, 1.165) is 57.7 Å². The number of piperazine rings is 1. The van der Waals surface area contributed by atoms with Crippen LogP contribution < -0.4 is 10.3 Å². The van der Waals surface area contributed by atoms with Crippen LogP contribution in [0, 0.1) is 0 Å². The van der Waals surface area contributed by atoms with Crippen molar-refractivity contribution in [3.8, 4) is 0 Å². The minimum absolute atomic E-state index is 0.000966. The molecule has 2 aliphatic rings. The largest absolute Gasteiger partial charge is 0.369 e. The van der Waals surface area contributed by atoms with E-state index in [4.69, 9.17) is 0 Å². The van der Waals surface area contributed by atoms with Crippen LogP contribution in [-0.4, -0.2) is 49.2 Å². The molecule has 1 heterocycles. The monoisotopic (exact) mass is 376 g/mol. The normalized spacial score (nSPS) is 18.7. The molecule has 0 bridgehead atoms. The number of carbonyl (C=O) groups excluding carboxylic acids is 1. The first-order valence-electron chi connectivity index (χ1n) is 10.3. The Balaban J connectivity index is 1.23. The summed E-state index contributed by atoms with van der Waals surface area (Å²) in [7, 11) is 0. The zero-order chi connectivity index (χ0) is 19.2. The summed E-state index contributed by atoms with van der Waals surface area (Å²) in [5.74, 6) is 0.000966. The SMILES string of the molecule is O=C(CCN1CCN(c2ccccc2)CC1)NN=C1CCCc2ccccc21. The summed E-state index contributed by atoms with van der Waals surface area (Å²) in [5, 5.41) is 4.43. The van der Waals surface area contributed by atoms with Crippen LogP contribution in [0.25, 0.3) is 0 Å². The molecule has 0 atom stereocenters. The fraction of sp³-hybridized carbons (Fsp3) is 0.391. The van der Waals surface area contributed by atoms with Gasteiger partial charge in [-0.05, 0) is 37.0 Å². The molecule has 1 fully saturated rings. The number of anilines is 1. The van der Waals surface area contributed by atoms with Crippen molar-refractivity contribution in [2.75, 3.05) is 37.6 Å². The summed E-state index contributed by atoms with van der Waals surface area (Å²) >= 11 is 0. The van der Waals surface area contributed by atoms with Gasteiger partial charge in [-0.2, -0.15) is 5.10 Å². The number of benzene rings is 2. The van der Waals surface area contributed by atoms with Crippen LogP contribution in [0.4, 0.5) is 5.69 Å². The van der Waals surface area contributed by atoms with Gasteiger partial charge in [0.2, 0.25) is 5.91 Å². The van der Waals surface area contributed by atoms with E-state index in [9.17, 15) is 4.79 Å². The number of amides is 1. The average Bonchev–Trinajstić information content (AvgIpc) is 2.77. The number of nitrogens with one attached hydrogen (secondary N) is 1. The van der Waals surface area contributed by atoms with Crippen molar-refractivity contribution in [3.05, 3.63) is 65.7 Å². The zero-order valence-electron chi connectivity index (χ0n) is 16.3. The van der Waals surface area contributed by atoms with E-state index in [1.54, 1.807) is 0 Å². The molecule has 5 heteroatoms. The van der Waals surface area contributed by atoms with Crippen LogP contribution >= 0.6 is 0 Å². The summed E-state index contributed by atoms with van der Waals surface area (Å²) in [6, 6.07) is 18.9. The standard InChI is InChI=1S/C23H28N4O/c28-23(25-24-22-12-6-8-19-7-4-5-11-21(19)22)13-14-26-15-17-27(18-16-26)20-9-2-1-3-10-20/h1-5,7,9-11H,6,8,12-18H2,(H,25,28). The van der Waals surface area contributed by atoms with Gasteiger partial charge in [-0.3, -0.25) is 9.69 Å². The van der Waals surface area contributed by atoms with Gasteiger partial charge in [0.15, 0.2) is 0 Å². The number of rotatable bonds is 5. The summed E-state index contributed by atoms with van der Waals surface area (Å²) in [6.45, 7) is 4.78. The molecule has 0 aromatic heterocycles. The van der Waals surface area contributed by atoms with Gasteiger partial charge in [0.1, 0.15) is 0 Å². The predicted molar refractivity (Wildman–Crippen MR) is 114 cm³/mol. The number of para-hydroxylation sites is 1. The highest BCUT2D eigenvalue weighted by Crippen LogP contribution is 2.21. The Labute approximate surface area is 167 Å². The minimum atomic E-state index is 0.000966. The van der Waals surface area contributed by atoms with Crippen LogP contribution in [0.15, 0.2) is 59.7 Å². The van der Waals surface area contributed by atoms with Crippen molar-refractivity contribution in [3.63, 3.8) is 0 Å². The van der Waals surface area contributed by atoms with Gasteiger partial charge < -0.3 is 4.90 Å². The average molecular weight is 377 g/mol. The second-order valence-corrected chi connectivity index (χ2v) is 7.52. The third-order valence-electron chi connectivity index (χ3n) is 5.65. The molecule has 28 heavy (non-hydrogen) atoms. The smallest absolute Gasteiger partial charge is 0.241 e. The molecule has 2 aromatic carbocycles. The summed E-state index contributed by atoms with van der Waals surface area (Å²) in [5.41, 5.74) is 7.58. The number of carbonyl (C=O) groups is 1. The Bertz CT molecular complexity index is 826. The topological polar surface area (TPSA) is 47.9 Å². The summed E-state index contributed by atoms with van der Waals surface area (Å²) in [6.07, 6.45) is 3.61. The molecule has 1 N–H and O–H groups in total. The van der Waals surface area contributed by atoms with E-state index in [1.807, 2.05) is 12.1 Å². The first-order chi connectivity index (χ1) is 13.8. The van der Waals surface area contributed by atoms with Crippen LogP contribution in [0.1, 0.15) is 30.4 Å². The molecule has 5 nitrogen and oxygen atoms in total. The van der Waals surface area contributed by atoms with E-state index in [2.05, 4.69) is 62.8 Å². The first kappa shape index (κ1) is 18.7. The molecule has 0 spiro atoms. The summed E-state index contributed by atoms with van der Waals surface area (Å²) in [4.78, 5) is 17.0. The fourth-order valence-electron chi connectivity index (χ4n) is 4.03. The van der Waals surface area contributed by atoms with Crippen molar-refractivity contribution in [1.82, 2.24) is 10.3 Å². The van der Waals surface area contributed by atoms with Gasteiger partial charge in [0.05, 0.1) is 5.71 Å². The van der Waals surface area contributed by atoms with E-state index >= 15 is 0 Å². The van der Waals surface area contributed by atoms with Gasteiger partial charge in [0, 0.05) is 50.4 Å². The number of fused-ring (bicyclic) bond motifs is 1. The van der Waals surface area contributed by atoms with Crippen LogP contribution in [-0.2, 0) is 11.2 Å². The summed E-state index contributed by atoms with van der Waals surface area (Å²) < 4.78 is 0. The molecule has 0 saturated carbocycles. The highest BCUT2D eigenvalue weighted by Gasteiger charge is 2.18. The van der Waals surface area contributed by atoms with Crippen molar-refractivity contribution in [1.29, 1.82) is 0 Å². The molecule has 1 aliphatic heterocycles. The number of hydrogen-bond donors (Lipinski definition) is 1. The van der Waals surface area contributed by atoms with Crippen molar-refractivity contribution in [2.45, 2.75) is 25.7 Å². The predicted octanol–water partition coefficient (Wildman–Crippen LogP) is 3.06. The molecule has 1 amide bonds. The van der Waals surface area contributed by atoms with E-state index in [1.165, 1.54) is 16.8 Å². The quantitative estimate of drug-likeness (QED) is 0.816. The van der Waals surface area contributed by atoms with Crippen molar-refractivity contribution in [2.24, 2.45) is 5.10 Å². The van der Waals surface area contributed by atoms with Crippen molar-refractivity contribution >= 4 is 17.3 Å². The van der Waals surface area contributed by atoms with E-state index in [-0.39, 0.29) is 5.91 Å². The lowest BCUT2D eigenvalue weighted by Crippen LogP contribution is -2.47. The minimum Gasteiger partial charge on any atom is -0.369 e. The van der Waals surface area contributed by atoms with Crippen LogP contribution in [0.5, 0.6) is 0 Å². The Morgan fingerprint density at radius 1 is 0.929 bits per heavy atom. The third-order valence-corrected chi connectivity index (χ3v) is 5.65. The maximum absolute atomic E-state index is 12.3. The van der Waals surface area contributed by atoms with Gasteiger partial charge in [-0.25, -0.2) is 5.43 Å². The van der Waals surface area contributed by atoms with E-state index < -0.39 is 0 Å². The second-order valence-electron chi connectivity index (χ2n) is 7.52. The molecule has 1 aliphatic carbocycles. The van der Waals surface area contributed by atoms with Crippen molar-refractivity contribution < 1.29 is 4.79 Å². The Morgan fingerprint density at radius 2 is 1.68 bits per heavy atom. The van der Waals surface area contributed by atoms with Gasteiger partial charge >= 0.3 is 0 Å². The van der Waals surface area contributed by atoms with Crippen LogP contribution in [0.2, 0.25) is 0 Å². The third kappa shape index (κ3) is 4.60. The second kappa shape index (κ2) is 9.02. The lowest BCUT2D eigenvalue weighted by molar-refractivity contribution is -0.121. The number of nitrogens with zero attached hydrogens (tertiary/aromatic N) is 3. The number of hydrazone groups is 1. The van der Waals surface area contributed by atoms with Gasteiger partial charge in [0.25, 0.3) is 0 Å². The molecule has 0 radical (unpaired) electrons. The number of hydrogen-bond acceptors (Lipinski definition) is 4. The highest BCUT2D eigenvalue weighted by atomic mass is 16.2. The molecular weight excluding hydrogens is 348 g/mol. The van der Waals surface area contributed by atoms with Crippen LogP contribution in [0.3, 0.4) is 0 Å². The lowest BCUT2D eigenvalue weighted by Gasteiger charge is -2.36. The lowest BCUT2D eigenvalue weighted by atomic mass is 9.90. The van der Waals surface area contributed by atoms with Gasteiger partial charge in [-0.15, -0.1) is 0 Å². The molecule has 4 rings (SSSR count). The Kier molecular flexibility index (Phi) is 6.02. The number of aryl methyl sites for hydroxylation is 1. The highest BCUT2D eigenvalue weighted by molar-refractivity contribution is 6.03. The van der Waals surface area contributed by atoms with Gasteiger partial charge in [-0.1, -0.05) is 42.5 Å². The molecule has 0 unspecified atom stereocenters. The Hall–Kier alpha value is -2.66. The zero-order valence-corrected chi connectivity index (χ0v) is 16.3. The van der Waals surface area contributed by atoms with E-state index in [0.29, 0.717) is 6.42 Å².